The van der Waals surface area contributed by atoms with E-state index in [0.717, 1.165) is 29.6 Å². The van der Waals surface area contributed by atoms with Crippen LogP contribution in [-0.2, 0) is 16.4 Å². The molecule has 5 nitrogen and oxygen atoms in total. The van der Waals surface area contributed by atoms with Crippen LogP contribution in [-0.4, -0.2) is 38.1 Å². The molecule has 2 heterocycles. The highest BCUT2D eigenvalue weighted by Crippen LogP contribution is 2.23. The minimum atomic E-state index is -3.14. The number of benzene rings is 1. The van der Waals surface area contributed by atoms with E-state index < -0.39 is 9.84 Å². The lowest BCUT2D eigenvalue weighted by Crippen LogP contribution is -2.40. The van der Waals surface area contributed by atoms with Crippen LogP contribution >= 0.6 is 11.3 Å². The van der Waals surface area contributed by atoms with Crippen LogP contribution in [0.2, 0.25) is 0 Å². The largest absolute Gasteiger partial charge is 0.343 e. The zero-order chi connectivity index (χ0) is 18.4. The lowest BCUT2D eigenvalue weighted by Gasteiger charge is -2.30. The summed E-state index contributed by atoms with van der Waals surface area (Å²) >= 11 is 1.32. The first-order valence-corrected chi connectivity index (χ1v) is 11.5. The molecule has 0 unspecified atom stereocenters. The predicted octanol–water partition coefficient (Wildman–Crippen LogP) is 4.00. The van der Waals surface area contributed by atoms with E-state index in [0.29, 0.717) is 10.8 Å². The number of rotatable bonds is 5. The highest BCUT2D eigenvalue weighted by molar-refractivity contribution is 7.93. The van der Waals surface area contributed by atoms with Crippen molar-refractivity contribution in [3.8, 4) is 0 Å². The number of aliphatic imine (C=N–C) groups is 1. The van der Waals surface area contributed by atoms with Gasteiger partial charge in [-0.3, -0.25) is 0 Å². The Morgan fingerprint density at radius 1 is 1.12 bits per heavy atom. The number of likely N-dealkylation sites (tertiary alicyclic amines) is 1. The summed E-state index contributed by atoms with van der Waals surface area (Å²) in [7, 11) is -3.14. The molecule has 1 N–H and O–H groups in total. The molecule has 1 fully saturated rings. The molecule has 3 rings (SSSR count). The van der Waals surface area contributed by atoms with Gasteiger partial charge in [-0.05, 0) is 43.5 Å². The third-order valence-corrected chi connectivity index (χ3v) is 7.78. The number of para-hydroxylation sites is 1. The monoisotopic (exact) mass is 391 g/mol. The number of piperidine rings is 1. The third kappa shape index (κ3) is 4.86. The van der Waals surface area contributed by atoms with Crippen LogP contribution in [0.25, 0.3) is 0 Å². The van der Waals surface area contributed by atoms with Gasteiger partial charge in [0.25, 0.3) is 0 Å². The first kappa shape index (κ1) is 18.9. The van der Waals surface area contributed by atoms with Gasteiger partial charge < -0.3 is 10.2 Å². The molecule has 1 aliphatic heterocycles. The van der Waals surface area contributed by atoms with E-state index >= 15 is 0 Å². The molecule has 0 saturated carbocycles. The van der Waals surface area contributed by atoms with Crippen molar-refractivity contribution in [2.75, 3.05) is 24.2 Å². The molecule has 0 amide bonds. The molecule has 0 bridgehead atoms. The SMILES string of the molecule is CCS(=O)(=O)c1ccc(CN=C(Nc2ccccc2)N2CCCCC2)s1. The lowest BCUT2D eigenvalue weighted by molar-refractivity contribution is 0.340. The molecule has 2 aromatic rings. The van der Waals surface area contributed by atoms with Crippen LogP contribution in [0.4, 0.5) is 5.69 Å². The first-order valence-electron chi connectivity index (χ1n) is 9.01. The Morgan fingerprint density at radius 3 is 2.54 bits per heavy atom. The van der Waals surface area contributed by atoms with Gasteiger partial charge in [0.2, 0.25) is 0 Å². The molecule has 1 aromatic heterocycles. The molecular formula is C19H25N3O2S2. The summed E-state index contributed by atoms with van der Waals surface area (Å²) in [5.41, 5.74) is 1.01. The first-order chi connectivity index (χ1) is 12.6. The average molecular weight is 392 g/mol. The fourth-order valence-corrected chi connectivity index (χ4v) is 5.28. The van der Waals surface area contributed by atoms with Gasteiger partial charge in [0, 0.05) is 23.7 Å². The summed E-state index contributed by atoms with van der Waals surface area (Å²) in [4.78, 5) is 8.03. The van der Waals surface area contributed by atoms with Gasteiger partial charge in [-0.2, -0.15) is 0 Å². The number of nitrogens with one attached hydrogen (secondary N) is 1. The molecule has 1 aromatic carbocycles. The van der Waals surface area contributed by atoms with Gasteiger partial charge in [0.1, 0.15) is 4.21 Å². The number of guanidine groups is 1. The summed E-state index contributed by atoms with van der Waals surface area (Å²) < 4.78 is 24.4. The minimum Gasteiger partial charge on any atom is -0.343 e. The predicted molar refractivity (Wildman–Crippen MR) is 109 cm³/mol. The number of anilines is 1. The Hall–Kier alpha value is -1.86. The van der Waals surface area contributed by atoms with E-state index in [1.165, 1.54) is 30.6 Å². The van der Waals surface area contributed by atoms with Crippen molar-refractivity contribution in [2.45, 2.75) is 36.9 Å². The standard InChI is InChI=1S/C19H25N3O2S2/c1-2-26(23,24)18-12-11-17(25-18)15-20-19(22-13-7-4-8-14-22)21-16-9-5-3-6-10-16/h3,5-6,9-12H,2,4,7-8,13-15H2,1H3,(H,20,21). The van der Waals surface area contributed by atoms with Gasteiger partial charge in [-0.15, -0.1) is 11.3 Å². The van der Waals surface area contributed by atoms with Crippen molar-refractivity contribution < 1.29 is 8.42 Å². The maximum Gasteiger partial charge on any atom is 0.198 e. The van der Waals surface area contributed by atoms with Crippen molar-refractivity contribution in [3.05, 3.63) is 47.3 Å². The minimum absolute atomic E-state index is 0.130. The summed E-state index contributed by atoms with van der Waals surface area (Å²) in [5.74, 6) is 0.995. The summed E-state index contributed by atoms with van der Waals surface area (Å²) in [6, 6.07) is 13.6. The Balaban J connectivity index is 1.77. The van der Waals surface area contributed by atoms with Gasteiger partial charge in [0.15, 0.2) is 15.8 Å². The van der Waals surface area contributed by atoms with Crippen LogP contribution in [0.5, 0.6) is 0 Å². The van der Waals surface area contributed by atoms with Gasteiger partial charge in [0.05, 0.1) is 12.3 Å². The fraction of sp³-hybridized carbons (Fsp3) is 0.421. The van der Waals surface area contributed by atoms with Crippen molar-refractivity contribution in [1.29, 1.82) is 0 Å². The average Bonchev–Trinajstić information content (AvgIpc) is 3.16. The van der Waals surface area contributed by atoms with Crippen LogP contribution in [0, 0.1) is 0 Å². The van der Waals surface area contributed by atoms with Gasteiger partial charge in [-0.25, -0.2) is 13.4 Å². The van der Waals surface area contributed by atoms with E-state index in [4.69, 9.17) is 4.99 Å². The maximum atomic E-state index is 12.0. The smallest absolute Gasteiger partial charge is 0.198 e. The molecule has 26 heavy (non-hydrogen) atoms. The van der Waals surface area contributed by atoms with E-state index in [1.807, 2.05) is 36.4 Å². The maximum absolute atomic E-state index is 12.0. The zero-order valence-corrected chi connectivity index (χ0v) is 16.7. The Labute approximate surface area is 159 Å². The Morgan fingerprint density at radius 2 is 1.85 bits per heavy atom. The summed E-state index contributed by atoms with van der Waals surface area (Å²) in [5, 5.41) is 3.43. The topological polar surface area (TPSA) is 61.8 Å². The van der Waals surface area contributed by atoms with E-state index in [2.05, 4.69) is 10.2 Å². The second-order valence-electron chi connectivity index (χ2n) is 6.30. The van der Waals surface area contributed by atoms with Crippen molar-refractivity contribution in [2.24, 2.45) is 4.99 Å². The third-order valence-electron chi connectivity index (χ3n) is 4.39. The fourth-order valence-electron chi connectivity index (χ4n) is 2.88. The van der Waals surface area contributed by atoms with Crippen molar-refractivity contribution >= 4 is 32.8 Å². The second-order valence-corrected chi connectivity index (χ2v) is 9.98. The number of sulfone groups is 1. The molecule has 1 aliphatic rings. The summed E-state index contributed by atoms with van der Waals surface area (Å²) in [6.45, 7) is 4.15. The molecule has 0 atom stereocenters. The Bertz CT molecular complexity index is 839. The van der Waals surface area contributed by atoms with Crippen LogP contribution < -0.4 is 5.32 Å². The van der Waals surface area contributed by atoms with E-state index in [-0.39, 0.29) is 5.75 Å². The molecule has 1 saturated heterocycles. The zero-order valence-electron chi connectivity index (χ0n) is 15.0. The number of hydrogen-bond donors (Lipinski definition) is 1. The van der Waals surface area contributed by atoms with E-state index in [1.54, 1.807) is 13.0 Å². The van der Waals surface area contributed by atoms with Crippen molar-refractivity contribution in [1.82, 2.24) is 4.90 Å². The quantitative estimate of drug-likeness (QED) is 0.618. The normalized spacial score (nSPS) is 15.9. The van der Waals surface area contributed by atoms with Crippen molar-refractivity contribution in [3.63, 3.8) is 0 Å². The highest BCUT2D eigenvalue weighted by atomic mass is 32.2. The molecule has 0 spiro atoms. The number of hydrogen-bond acceptors (Lipinski definition) is 4. The number of nitrogens with zero attached hydrogens (tertiary/aromatic N) is 2. The van der Waals surface area contributed by atoms with Crippen LogP contribution in [0.15, 0.2) is 51.7 Å². The second kappa shape index (κ2) is 8.68. The Kier molecular flexibility index (Phi) is 6.32. The summed E-state index contributed by atoms with van der Waals surface area (Å²) in [6.07, 6.45) is 3.61. The van der Waals surface area contributed by atoms with E-state index in [9.17, 15) is 8.42 Å². The van der Waals surface area contributed by atoms with Gasteiger partial charge in [-0.1, -0.05) is 25.1 Å². The molecule has 140 valence electrons. The van der Waals surface area contributed by atoms with Crippen LogP contribution in [0.1, 0.15) is 31.1 Å². The van der Waals surface area contributed by atoms with Gasteiger partial charge >= 0.3 is 0 Å². The van der Waals surface area contributed by atoms with Crippen LogP contribution in [0.3, 0.4) is 0 Å². The lowest BCUT2D eigenvalue weighted by atomic mass is 10.1. The number of thiophene rings is 1. The molecular weight excluding hydrogens is 366 g/mol. The molecule has 7 heteroatoms. The molecule has 0 aliphatic carbocycles. The highest BCUT2D eigenvalue weighted by Gasteiger charge is 2.17. The molecule has 0 radical (unpaired) electrons.